The molecular formula is C20H21N5O3. The second-order valence-electron chi connectivity index (χ2n) is 6.79. The number of aryl methyl sites for hydroxylation is 1. The van der Waals surface area contributed by atoms with E-state index < -0.39 is 0 Å². The topological polar surface area (TPSA) is 103 Å². The standard InChI is InChI=1S/C20H21N5O3/c26-17(6-8-19-24-20(25-28-19)16-2-1-9-21-12-16)22-10-15-5-7-18(23-11-15)27-13-14-3-4-14/h1-2,5,7,9,11-12,14H,3-4,6,8,10,13H2,(H,22,26). The Labute approximate surface area is 162 Å². The normalized spacial score (nSPS) is 13.3. The molecule has 4 rings (SSSR count). The number of rotatable bonds is 9. The minimum absolute atomic E-state index is 0.0878. The van der Waals surface area contributed by atoms with Gasteiger partial charge in [0.1, 0.15) is 0 Å². The minimum Gasteiger partial charge on any atom is -0.477 e. The number of ether oxygens (including phenoxy) is 1. The largest absolute Gasteiger partial charge is 0.477 e. The predicted octanol–water partition coefficient (Wildman–Crippen LogP) is 2.56. The molecule has 1 N–H and O–H groups in total. The van der Waals surface area contributed by atoms with E-state index in [0.29, 0.717) is 36.5 Å². The molecule has 1 fully saturated rings. The Balaban J connectivity index is 1.20. The van der Waals surface area contributed by atoms with Crippen molar-refractivity contribution in [3.63, 3.8) is 0 Å². The number of amides is 1. The second-order valence-corrected chi connectivity index (χ2v) is 6.79. The molecule has 1 aliphatic carbocycles. The lowest BCUT2D eigenvalue weighted by Crippen LogP contribution is -2.23. The summed E-state index contributed by atoms with van der Waals surface area (Å²) in [4.78, 5) is 24.6. The SMILES string of the molecule is O=C(CCc1nc(-c2cccnc2)no1)NCc1ccc(OCC2CC2)nc1. The summed E-state index contributed by atoms with van der Waals surface area (Å²) in [7, 11) is 0. The third kappa shape index (κ3) is 5.12. The van der Waals surface area contributed by atoms with Crippen LogP contribution in [0.2, 0.25) is 0 Å². The van der Waals surface area contributed by atoms with Crippen molar-refractivity contribution in [2.24, 2.45) is 5.92 Å². The summed E-state index contributed by atoms with van der Waals surface area (Å²) >= 11 is 0. The molecule has 144 valence electrons. The first-order valence-electron chi connectivity index (χ1n) is 9.33. The van der Waals surface area contributed by atoms with Crippen molar-refractivity contribution < 1.29 is 14.1 Å². The van der Waals surface area contributed by atoms with Crippen LogP contribution in [0.25, 0.3) is 11.4 Å². The fourth-order valence-electron chi connectivity index (χ4n) is 2.57. The maximum atomic E-state index is 12.1. The highest BCUT2D eigenvalue weighted by atomic mass is 16.5. The molecule has 1 saturated carbocycles. The van der Waals surface area contributed by atoms with Crippen molar-refractivity contribution in [2.75, 3.05) is 6.61 Å². The fourth-order valence-corrected chi connectivity index (χ4v) is 2.57. The zero-order chi connectivity index (χ0) is 19.2. The highest BCUT2D eigenvalue weighted by Crippen LogP contribution is 2.29. The van der Waals surface area contributed by atoms with Gasteiger partial charge < -0.3 is 14.6 Å². The van der Waals surface area contributed by atoms with E-state index in [1.165, 1.54) is 12.8 Å². The van der Waals surface area contributed by atoms with Crippen LogP contribution in [-0.2, 0) is 17.8 Å². The van der Waals surface area contributed by atoms with Crippen LogP contribution in [0, 0.1) is 5.92 Å². The first-order chi connectivity index (χ1) is 13.8. The van der Waals surface area contributed by atoms with Crippen LogP contribution in [0.3, 0.4) is 0 Å². The van der Waals surface area contributed by atoms with Crippen molar-refractivity contribution in [1.82, 2.24) is 25.4 Å². The van der Waals surface area contributed by atoms with Gasteiger partial charge in [-0.25, -0.2) is 4.98 Å². The molecule has 0 aromatic carbocycles. The minimum atomic E-state index is -0.0878. The lowest BCUT2D eigenvalue weighted by atomic mass is 10.2. The number of pyridine rings is 2. The molecule has 0 unspecified atom stereocenters. The molecule has 0 atom stereocenters. The average molecular weight is 379 g/mol. The number of aromatic nitrogens is 4. The van der Waals surface area contributed by atoms with Crippen LogP contribution >= 0.6 is 0 Å². The smallest absolute Gasteiger partial charge is 0.227 e. The Hall–Kier alpha value is -3.29. The Morgan fingerprint density at radius 1 is 1.25 bits per heavy atom. The summed E-state index contributed by atoms with van der Waals surface area (Å²) in [5.41, 5.74) is 1.70. The van der Waals surface area contributed by atoms with Crippen LogP contribution in [0.1, 0.15) is 30.7 Å². The first kappa shape index (κ1) is 18.1. The number of carbonyl (C=O) groups excluding carboxylic acids is 1. The van der Waals surface area contributed by atoms with Crippen molar-refractivity contribution in [2.45, 2.75) is 32.2 Å². The van der Waals surface area contributed by atoms with E-state index in [-0.39, 0.29) is 12.3 Å². The number of carbonyl (C=O) groups is 1. The van der Waals surface area contributed by atoms with Gasteiger partial charge in [0, 0.05) is 49.6 Å². The van der Waals surface area contributed by atoms with Gasteiger partial charge in [-0.2, -0.15) is 4.98 Å². The number of nitrogens with zero attached hydrogens (tertiary/aromatic N) is 4. The summed E-state index contributed by atoms with van der Waals surface area (Å²) in [6, 6.07) is 7.40. The van der Waals surface area contributed by atoms with Gasteiger partial charge in [-0.05, 0) is 36.5 Å². The monoisotopic (exact) mass is 379 g/mol. The maximum Gasteiger partial charge on any atom is 0.227 e. The number of hydrogen-bond donors (Lipinski definition) is 1. The zero-order valence-electron chi connectivity index (χ0n) is 15.4. The molecule has 1 amide bonds. The Kier molecular flexibility index (Phi) is 5.56. The molecule has 3 aromatic rings. The lowest BCUT2D eigenvalue weighted by molar-refractivity contribution is -0.121. The Morgan fingerprint density at radius 3 is 2.93 bits per heavy atom. The van der Waals surface area contributed by atoms with Gasteiger partial charge in [-0.1, -0.05) is 11.2 Å². The highest BCUT2D eigenvalue weighted by Gasteiger charge is 2.22. The van der Waals surface area contributed by atoms with Gasteiger partial charge in [0.15, 0.2) is 0 Å². The Morgan fingerprint density at radius 2 is 2.18 bits per heavy atom. The van der Waals surface area contributed by atoms with Crippen LogP contribution in [0.5, 0.6) is 5.88 Å². The summed E-state index contributed by atoms with van der Waals surface area (Å²) in [5, 5.41) is 6.79. The van der Waals surface area contributed by atoms with E-state index in [1.54, 1.807) is 24.7 Å². The van der Waals surface area contributed by atoms with E-state index in [9.17, 15) is 4.79 Å². The van der Waals surface area contributed by atoms with E-state index in [2.05, 4.69) is 25.4 Å². The molecule has 0 spiro atoms. The van der Waals surface area contributed by atoms with Crippen LogP contribution in [0.4, 0.5) is 0 Å². The molecule has 0 bridgehead atoms. The van der Waals surface area contributed by atoms with Crippen LogP contribution < -0.4 is 10.1 Å². The summed E-state index contributed by atoms with van der Waals surface area (Å²) in [6.07, 6.45) is 8.21. The highest BCUT2D eigenvalue weighted by molar-refractivity contribution is 5.76. The third-order valence-electron chi connectivity index (χ3n) is 4.40. The summed E-state index contributed by atoms with van der Waals surface area (Å²) in [6.45, 7) is 1.15. The van der Waals surface area contributed by atoms with Gasteiger partial charge >= 0.3 is 0 Å². The first-order valence-corrected chi connectivity index (χ1v) is 9.33. The van der Waals surface area contributed by atoms with Crippen molar-refractivity contribution in [3.8, 4) is 17.3 Å². The Bertz CT molecular complexity index is 907. The lowest BCUT2D eigenvalue weighted by Gasteiger charge is -2.06. The van der Waals surface area contributed by atoms with Gasteiger partial charge in [0.25, 0.3) is 0 Å². The molecule has 0 aliphatic heterocycles. The molecule has 0 radical (unpaired) electrons. The van der Waals surface area contributed by atoms with Gasteiger partial charge in [0.05, 0.1) is 6.61 Å². The van der Waals surface area contributed by atoms with Crippen molar-refractivity contribution >= 4 is 5.91 Å². The predicted molar refractivity (Wildman–Crippen MR) is 100 cm³/mol. The quantitative estimate of drug-likeness (QED) is 0.609. The molecule has 3 aromatic heterocycles. The third-order valence-corrected chi connectivity index (χ3v) is 4.40. The summed E-state index contributed by atoms with van der Waals surface area (Å²) < 4.78 is 10.8. The summed E-state index contributed by atoms with van der Waals surface area (Å²) in [5.74, 6) is 2.13. The van der Waals surface area contributed by atoms with E-state index >= 15 is 0 Å². The molecule has 0 saturated heterocycles. The number of nitrogens with one attached hydrogen (secondary N) is 1. The van der Waals surface area contributed by atoms with Crippen LogP contribution in [0.15, 0.2) is 47.4 Å². The second kappa shape index (κ2) is 8.60. The molecular weight excluding hydrogens is 358 g/mol. The van der Waals surface area contributed by atoms with Gasteiger partial charge in [0.2, 0.25) is 23.5 Å². The fraction of sp³-hybridized carbons (Fsp3) is 0.350. The average Bonchev–Trinajstić information content (AvgIpc) is 3.45. The van der Waals surface area contributed by atoms with E-state index in [4.69, 9.17) is 9.26 Å². The van der Waals surface area contributed by atoms with Gasteiger partial charge in [-0.15, -0.1) is 0 Å². The van der Waals surface area contributed by atoms with Crippen molar-refractivity contribution in [3.05, 3.63) is 54.3 Å². The van der Waals surface area contributed by atoms with E-state index in [1.807, 2.05) is 18.2 Å². The maximum absolute atomic E-state index is 12.1. The van der Waals surface area contributed by atoms with Gasteiger partial charge in [-0.3, -0.25) is 9.78 Å². The zero-order valence-corrected chi connectivity index (χ0v) is 15.4. The van der Waals surface area contributed by atoms with Crippen LogP contribution in [-0.4, -0.2) is 32.6 Å². The van der Waals surface area contributed by atoms with Crippen molar-refractivity contribution in [1.29, 1.82) is 0 Å². The molecule has 8 heteroatoms. The molecule has 8 nitrogen and oxygen atoms in total. The van der Waals surface area contributed by atoms with E-state index in [0.717, 1.165) is 17.7 Å². The number of hydrogen-bond acceptors (Lipinski definition) is 7. The molecule has 3 heterocycles. The molecule has 1 aliphatic rings. The molecule has 28 heavy (non-hydrogen) atoms.